The van der Waals surface area contributed by atoms with Gasteiger partial charge in [-0.25, -0.2) is 0 Å². The lowest BCUT2D eigenvalue weighted by atomic mass is 10.1. The van der Waals surface area contributed by atoms with Crippen LogP contribution < -0.4 is 10.2 Å². The number of amides is 2. The molecule has 2 heterocycles. The highest BCUT2D eigenvalue weighted by Gasteiger charge is 2.34. The number of nitrogens with one attached hydrogen (secondary N) is 1. The summed E-state index contributed by atoms with van der Waals surface area (Å²) in [7, 11) is 1.92. The third-order valence-corrected chi connectivity index (χ3v) is 5.22. The van der Waals surface area contributed by atoms with Gasteiger partial charge in [-0.2, -0.15) is 5.10 Å². The largest absolute Gasteiger partial charge is 0.355 e. The molecule has 7 heteroatoms. The Morgan fingerprint density at radius 3 is 2.62 bits per heavy atom. The van der Waals surface area contributed by atoms with Crippen molar-refractivity contribution in [3.05, 3.63) is 46.2 Å². The Morgan fingerprint density at radius 2 is 2.00 bits per heavy atom. The molecule has 1 saturated heterocycles. The Bertz CT molecular complexity index is 829. The molecule has 1 N–H and O–H groups in total. The van der Waals surface area contributed by atoms with Gasteiger partial charge in [0.15, 0.2) is 0 Å². The third-order valence-electron chi connectivity index (χ3n) is 4.97. The Balaban J connectivity index is 1.55. The van der Waals surface area contributed by atoms with E-state index < -0.39 is 0 Å². The van der Waals surface area contributed by atoms with Gasteiger partial charge in [0.25, 0.3) is 0 Å². The van der Waals surface area contributed by atoms with Gasteiger partial charge in [-0.05, 0) is 50.1 Å². The summed E-state index contributed by atoms with van der Waals surface area (Å²) in [6, 6.07) is 7.09. The van der Waals surface area contributed by atoms with Crippen LogP contribution in [0, 0.1) is 19.8 Å². The summed E-state index contributed by atoms with van der Waals surface area (Å²) in [6.07, 6.45) is 0.970. The SMILES string of the molecule is Cc1nn(C)c(C)c1CCNC(=O)C1CC(=O)N(c2ccc(Cl)cc2)C1. The zero-order valence-electron chi connectivity index (χ0n) is 15.3. The lowest BCUT2D eigenvalue weighted by Crippen LogP contribution is -2.34. The van der Waals surface area contributed by atoms with Gasteiger partial charge in [-0.3, -0.25) is 14.3 Å². The van der Waals surface area contributed by atoms with Gasteiger partial charge < -0.3 is 10.2 Å². The van der Waals surface area contributed by atoms with Crippen LogP contribution in [-0.4, -0.2) is 34.7 Å². The molecular weight excluding hydrogens is 352 g/mol. The van der Waals surface area contributed by atoms with E-state index >= 15 is 0 Å². The standard InChI is InChI=1S/C19H23ClN4O2/c1-12-17(13(2)23(3)22-12)8-9-21-19(26)14-10-18(25)24(11-14)16-6-4-15(20)5-7-16/h4-7,14H,8-11H2,1-3H3,(H,21,26). The fourth-order valence-corrected chi connectivity index (χ4v) is 3.51. The van der Waals surface area contributed by atoms with Gasteiger partial charge >= 0.3 is 0 Å². The molecule has 0 saturated carbocycles. The molecule has 1 fully saturated rings. The summed E-state index contributed by atoms with van der Waals surface area (Å²) in [4.78, 5) is 26.4. The maximum atomic E-state index is 12.5. The van der Waals surface area contributed by atoms with Crippen molar-refractivity contribution < 1.29 is 9.59 Å². The number of benzene rings is 1. The van der Waals surface area contributed by atoms with Gasteiger partial charge in [0, 0.05) is 43.0 Å². The Labute approximate surface area is 158 Å². The van der Waals surface area contributed by atoms with E-state index in [2.05, 4.69) is 10.4 Å². The van der Waals surface area contributed by atoms with Crippen LogP contribution in [0.1, 0.15) is 23.4 Å². The molecule has 2 amide bonds. The van der Waals surface area contributed by atoms with Crippen LogP contribution in [0.2, 0.25) is 5.02 Å². The Kier molecular flexibility index (Phi) is 5.32. The van der Waals surface area contributed by atoms with Crippen molar-refractivity contribution in [2.45, 2.75) is 26.7 Å². The number of hydrogen-bond donors (Lipinski definition) is 1. The molecule has 1 atom stereocenters. The van der Waals surface area contributed by atoms with Crippen molar-refractivity contribution in [3.63, 3.8) is 0 Å². The maximum Gasteiger partial charge on any atom is 0.227 e. The van der Waals surface area contributed by atoms with Crippen molar-refractivity contribution in [3.8, 4) is 0 Å². The average Bonchev–Trinajstić information content (AvgIpc) is 3.10. The van der Waals surface area contributed by atoms with Gasteiger partial charge in [-0.1, -0.05) is 11.6 Å². The fourth-order valence-electron chi connectivity index (χ4n) is 3.39. The molecule has 1 aromatic carbocycles. The molecule has 0 spiro atoms. The Morgan fingerprint density at radius 1 is 1.31 bits per heavy atom. The van der Waals surface area contributed by atoms with E-state index in [-0.39, 0.29) is 24.2 Å². The van der Waals surface area contributed by atoms with Gasteiger partial charge in [-0.15, -0.1) is 0 Å². The number of anilines is 1. The number of halogens is 1. The van der Waals surface area contributed by atoms with Crippen LogP contribution >= 0.6 is 11.6 Å². The number of rotatable bonds is 5. The van der Waals surface area contributed by atoms with Crippen LogP contribution in [0.3, 0.4) is 0 Å². The highest BCUT2D eigenvalue weighted by Crippen LogP contribution is 2.26. The van der Waals surface area contributed by atoms with Crippen LogP contribution in [0.4, 0.5) is 5.69 Å². The summed E-state index contributed by atoms with van der Waals surface area (Å²) in [5.74, 6) is -0.435. The molecule has 1 unspecified atom stereocenters. The number of aryl methyl sites for hydroxylation is 2. The molecule has 1 aliphatic heterocycles. The summed E-state index contributed by atoms with van der Waals surface area (Å²) < 4.78 is 1.85. The molecule has 0 aliphatic carbocycles. The van der Waals surface area contributed by atoms with Gasteiger partial charge in [0.2, 0.25) is 11.8 Å². The number of nitrogens with zero attached hydrogens (tertiary/aromatic N) is 3. The normalized spacial score (nSPS) is 17.0. The van der Waals surface area contributed by atoms with Crippen LogP contribution in [0.25, 0.3) is 0 Å². The molecule has 138 valence electrons. The lowest BCUT2D eigenvalue weighted by molar-refractivity contribution is -0.126. The van der Waals surface area contributed by atoms with Gasteiger partial charge in [0.05, 0.1) is 11.6 Å². The Hall–Kier alpha value is -2.34. The number of carbonyl (C=O) groups is 2. The predicted octanol–water partition coefficient (Wildman–Crippen LogP) is 2.40. The van der Waals surface area contributed by atoms with E-state index in [9.17, 15) is 9.59 Å². The van der Waals surface area contributed by atoms with E-state index in [4.69, 9.17) is 11.6 Å². The molecule has 3 rings (SSSR count). The summed E-state index contributed by atoms with van der Waals surface area (Å²) in [5.41, 5.74) is 4.04. The molecule has 2 aromatic rings. The van der Waals surface area contributed by atoms with Crippen LogP contribution in [0.5, 0.6) is 0 Å². The zero-order valence-corrected chi connectivity index (χ0v) is 16.0. The predicted molar refractivity (Wildman–Crippen MR) is 101 cm³/mol. The highest BCUT2D eigenvalue weighted by atomic mass is 35.5. The molecular formula is C19H23ClN4O2. The summed E-state index contributed by atoms with van der Waals surface area (Å²) in [6.45, 7) is 4.94. The average molecular weight is 375 g/mol. The van der Waals surface area contributed by atoms with E-state index in [0.29, 0.717) is 18.1 Å². The van der Waals surface area contributed by atoms with Crippen molar-refractivity contribution in [1.82, 2.24) is 15.1 Å². The van der Waals surface area contributed by atoms with Crippen molar-refractivity contribution in [1.29, 1.82) is 0 Å². The molecule has 0 radical (unpaired) electrons. The molecule has 6 nitrogen and oxygen atoms in total. The first-order chi connectivity index (χ1) is 12.4. The second kappa shape index (κ2) is 7.50. The quantitative estimate of drug-likeness (QED) is 0.873. The number of hydrogen-bond acceptors (Lipinski definition) is 3. The highest BCUT2D eigenvalue weighted by molar-refractivity contribution is 6.30. The summed E-state index contributed by atoms with van der Waals surface area (Å²) >= 11 is 5.89. The minimum absolute atomic E-state index is 0.0357. The minimum Gasteiger partial charge on any atom is -0.355 e. The van der Waals surface area contributed by atoms with Crippen molar-refractivity contribution in [2.24, 2.45) is 13.0 Å². The molecule has 1 aliphatic rings. The third kappa shape index (κ3) is 3.75. The fraction of sp³-hybridized carbons (Fsp3) is 0.421. The van der Waals surface area contributed by atoms with E-state index in [1.807, 2.05) is 25.6 Å². The first kappa shape index (κ1) is 18.5. The lowest BCUT2D eigenvalue weighted by Gasteiger charge is -2.16. The van der Waals surface area contributed by atoms with E-state index in [1.165, 1.54) is 0 Å². The molecule has 26 heavy (non-hydrogen) atoms. The topological polar surface area (TPSA) is 67.2 Å². The molecule has 0 bridgehead atoms. The monoisotopic (exact) mass is 374 g/mol. The molecule has 1 aromatic heterocycles. The van der Waals surface area contributed by atoms with Crippen molar-refractivity contribution >= 4 is 29.1 Å². The summed E-state index contributed by atoms with van der Waals surface area (Å²) in [5, 5.41) is 7.97. The zero-order chi connectivity index (χ0) is 18.8. The van der Waals surface area contributed by atoms with E-state index in [0.717, 1.165) is 29.1 Å². The van der Waals surface area contributed by atoms with Gasteiger partial charge in [0.1, 0.15) is 0 Å². The van der Waals surface area contributed by atoms with E-state index in [1.54, 1.807) is 29.2 Å². The number of carbonyl (C=O) groups excluding carboxylic acids is 2. The first-order valence-electron chi connectivity index (χ1n) is 8.69. The maximum absolute atomic E-state index is 12.5. The number of aromatic nitrogens is 2. The smallest absolute Gasteiger partial charge is 0.227 e. The minimum atomic E-state index is -0.325. The second-order valence-electron chi connectivity index (χ2n) is 6.70. The van der Waals surface area contributed by atoms with Crippen LogP contribution in [0.15, 0.2) is 24.3 Å². The van der Waals surface area contributed by atoms with Crippen LogP contribution in [-0.2, 0) is 23.1 Å². The van der Waals surface area contributed by atoms with Crippen molar-refractivity contribution in [2.75, 3.05) is 18.0 Å². The second-order valence-corrected chi connectivity index (χ2v) is 7.13. The first-order valence-corrected chi connectivity index (χ1v) is 9.07.